The van der Waals surface area contributed by atoms with Crippen molar-refractivity contribution in [1.29, 1.82) is 0 Å². The SMILES string of the molecule is O=C1c2ccccc2NC2(C(=O)Nc3ccc(Br)cc32)N1c1ccc(F)cc1. The third-order valence-electron chi connectivity index (χ3n) is 5.04. The number of fused-ring (bicyclic) bond motifs is 3. The number of halogens is 2. The van der Waals surface area contributed by atoms with E-state index in [1.165, 1.54) is 29.2 Å². The van der Waals surface area contributed by atoms with E-state index in [9.17, 15) is 14.0 Å². The van der Waals surface area contributed by atoms with Gasteiger partial charge in [0.05, 0.1) is 5.56 Å². The van der Waals surface area contributed by atoms with Crippen LogP contribution in [0.25, 0.3) is 0 Å². The minimum Gasteiger partial charge on any atom is -0.350 e. The number of para-hydroxylation sites is 1. The number of rotatable bonds is 1. The van der Waals surface area contributed by atoms with Gasteiger partial charge in [-0.1, -0.05) is 28.1 Å². The number of benzene rings is 3. The number of carbonyl (C=O) groups is 2. The van der Waals surface area contributed by atoms with Crippen LogP contribution in [-0.2, 0) is 10.5 Å². The summed E-state index contributed by atoms with van der Waals surface area (Å²) in [5.74, 6) is -1.15. The first-order chi connectivity index (χ1) is 13.5. The Kier molecular flexibility index (Phi) is 3.57. The van der Waals surface area contributed by atoms with Crippen LogP contribution >= 0.6 is 15.9 Å². The molecule has 0 fully saturated rings. The summed E-state index contributed by atoms with van der Waals surface area (Å²) in [4.78, 5) is 28.2. The molecule has 2 aliphatic rings. The summed E-state index contributed by atoms with van der Waals surface area (Å²) in [6, 6.07) is 18.0. The molecule has 2 aliphatic heterocycles. The van der Waals surface area contributed by atoms with Crippen molar-refractivity contribution in [3.05, 3.63) is 88.1 Å². The molecule has 0 bridgehead atoms. The monoisotopic (exact) mass is 437 g/mol. The molecule has 0 aliphatic carbocycles. The molecule has 1 spiro atoms. The van der Waals surface area contributed by atoms with Crippen LogP contribution in [0.4, 0.5) is 21.5 Å². The Balaban J connectivity index is 1.82. The Morgan fingerprint density at radius 2 is 1.68 bits per heavy atom. The molecular weight excluding hydrogens is 425 g/mol. The van der Waals surface area contributed by atoms with E-state index in [1.54, 1.807) is 36.4 Å². The molecule has 0 saturated heterocycles. The molecule has 3 aromatic rings. The Labute approximate surface area is 168 Å². The first-order valence-corrected chi connectivity index (χ1v) is 9.39. The van der Waals surface area contributed by atoms with Crippen LogP contribution in [-0.4, -0.2) is 11.8 Å². The van der Waals surface area contributed by atoms with Crippen LogP contribution in [0.5, 0.6) is 0 Å². The fraction of sp³-hybridized carbons (Fsp3) is 0.0476. The number of amides is 2. The van der Waals surface area contributed by atoms with Gasteiger partial charge in [0.1, 0.15) is 5.82 Å². The summed E-state index contributed by atoms with van der Waals surface area (Å²) in [5.41, 5.74) is 1.15. The number of nitrogens with zero attached hydrogens (tertiary/aromatic N) is 1. The van der Waals surface area contributed by atoms with E-state index in [-0.39, 0.29) is 11.8 Å². The molecule has 0 saturated carbocycles. The highest BCUT2D eigenvalue weighted by Crippen LogP contribution is 2.47. The van der Waals surface area contributed by atoms with Crippen LogP contribution in [0.3, 0.4) is 0 Å². The van der Waals surface area contributed by atoms with Gasteiger partial charge in [-0.05, 0) is 54.6 Å². The third-order valence-corrected chi connectivity index (χ3v) is 5.54. The zero-order chi connectivity index (χ0) is 19.5. The Hall–Kier alpha value is -3.19. The second kappa shape index (κ2) is 5.90. The average Bonchev–Trinajstić information content (AvgIpc) is 2.95. The number of hydrogen-bond acceptors (Lipinski definition) is 3. The quantitative estimate of drug-likeness (QED) is 0.590. The van der Waals surface area contributed by atoms with Crippen LogP contribution in [0.2, 0.25) is 0 Å². The fourth-order valence-corrected chi connectivity index (χ4v) is 4.17. The summed E-state index contributed by atoms with van der Waals surface area (Å²) in [5, 5.41) is 6.14. The zero-order valence-electron chi connectivity index (χ0n) is 14.4. The maximum Gasteiger partial charge on any atom is 0.276 e. The van der Waals surface area contributed by atoms with E-state index in [0.29, 0.717) is 28.2 Å². The van der Waals surface area contributed by atoms with Crippen molar-refractivity contribution < 1.29 is 14.0 Å². The van der Waals surface area contributed by atoms with E-state index >= 15 is 0 Å². The van der Waals surface area contributed by atoms with Gasteiger partial charge in [-0.3, -0.25) is 14.5 Å². The van der Waals surface area contributed by atoms with Crippen LogP contribution < -0.4 is 15.5 Å². The van der Waals surface area contributed by atoms with Gasteiger partial charge in [-0.25, -0.2) is 4.39 Å². The van der Waals surface area contributed by atoms with Gasteiger partial charge in [-0.2, -0.15) is 0 Å². The smallest absolute Gasteiger partial charge is 0.276 e. The van der Waals surface area contributed by atoms with Crippen molar-refractivity contribution in [1.82, 2.24) is 0 Å². The first kappa shape index (κ1) is 16.9. The minimum atomic E-state index is -1.48. The molecule has 1 unspecified atom stereocenters. The third kappa shape index (κ3) is 2.23. The standard InChI is InChI=1S/C21H13BrFN3O2/c22-12-5-10-18-16(11-12)21(20(28)24-18)25-17-4-2-1-3-15(17)19(27)26(21)14-8-6-13(23)7-9-14/h1-11,25H,(H,24,28). The molecule has 1 atom stereocenters. The number of hydrogen-bond donors (Lipinski definition) is 2. The Morgan fingerprint density at radius 3 is 2.46 bits per heavy atom. The van der Waals surface area contributed by atoms with Crippen molar-refractivity contribution in [3.63, 3.8) is 0 Å². The van der Waals surface area contributed by atoms with E-state index in [0.717, 1.165) is 4.47 Å². The minimum absolute atomic E-state index is 0.344. The lowest BCUT2D eigenvalue weighted by Gasteiger charge is -2.44. The van der Waals surface area contributed by atoms with Crippen molar-refractivity contribution in [2.75, 3.05) is 15.5 Å². The molecule has 0 radical (unpaired) electrons. The predicted molar refractivity (Wildman–Crippen MR) is 108 cm³/mol. The highest BCUT2D eigenvalue weighted by Gasteiger charge is 2.57. The van der Waals surface area contributed by atoms with Crippen LogP contribution in [0.1, 0.15) is 15.9 Å². The molecule has 5 nitrogen and oxygen atoms in total. The molecule has 5 rings (SSSR count). The first-order valence-electron chi connectivity index (χ1n) is 8.59. The molecule has 2 heterocycles. The molecule has 3 aromatic carbocycles. The molecule has 2 N–H and O–H groups in total. The maximum absolute atomic E-state index is 13.5. The van der Waals surface area contributed by atoms with E-state index in [4.69, 9.17) is 0 Å². The molecule has 7 heteroatoms. The average molecular weight is 438 g/mol. The summed E-state index contributed by atoms with van der Waals surface area (Å²) in [7, 11) is 0. The summed E-state index contributed by atoms with van der Waals surface area (Å²) >= 11 is 3.45. The molecule has 0 aromatic heterocycles. The van der Waals surface area contributed by atoms with E-state index in [2.05, 4.69) is 26.6 Å². The van der Waals surface area contributed by atoms with Gasteiger partial charge in [-0.15, -0.1) is 0 Å². The van der Waals surface area contributed by atoms with Gasteiger partial charge < -0.3 is 10.6 Å². The zero-order valence-corrected chi connectivity index (χ0v) is 16.0. The van der Waals surface area contributed by atoms with E-state index < -0.39 is 11.5 Å². The number of anilines is 3. The molecule has 138 valence electrons. The second-order valence-electron chi connectivity index (χ2n) is 6.64. The summed E-state index contributed by atoms with van der Waals surface area (Å²) in [6.45, 7) is 0. The lowest BCUT2D eigenvalue weighted by Crippen LogP contribution is -2.61. The van der Waals surface area contributed by atoms with Gasteiger partial charge in [0, 0.05) is 27.1 Å². The van der Waals surface area contributed by atoms with Gasteiger partial charge in [0.25, 0.3) is 11.8 Å². The molecule has 28 heavy (non-hydrogen) atoms. The Bertz CT molecular complexity index is 1150. The van der Waals surface area contributed by atoms with Crippen molar-refractivity contribution in [3.8, 4) is 0 Å². The highest BCUT2D eigenvalue weighted by atomic mass is 79.9. The predicted octanol–water partition coefficient (Wildman–Crippen LogP) is 4.47. The van der Waals surface area contributed by atoms with Gasteiger partial charge >= 0.3 is 0 Å². The van der Waals surface area contributed by atoms with Crippen molar-refractivity contribution in [2.45, 2.75) is 5.66 Å². The van der Waals surface area contributed by atoms with Crippen molar-refractivity contribution in [2.24, 2.45) is 0 Å². The fourth-order valence-electron chi connectivity index (χ4n) is 3.81. The molecular formula is C21H13BrFN3O2. The van der Waals surface area contributed by atoms with Crippen molar-refractivity contribution >= 4 is 44.8 Å². The highest BCUT2D eigenvalue weighted by molar-refractivity contribution is 9.10. The maximum atomic E-state index is 13.5. The molecule has 2 amide bonds. The number of carbonyl (C=O) groups excluding carboxylic acids is 2. The van der Waals surface area contributed by atoms with E-state index in [1.807, 2.05) is 6.07 Å². The Morgan fingerprint density at radius 1 is 0.929 bits per heavy atom. The van der Waals surface area contributed by atoms with Crippen LogP contribution in [0, 0.1) is 5.82 Å². The summed E-state index contributed by atoms with van der Waals surface area (Å²) in [6.07, 6.45) is 0. The van der Waals surface area contributed by atoms with Crippen LogP contribution in [0.15, 0.2) is 71.2 Å². The largest absolute Gasteiger partial charge is 0.350 e. The topological polar surface area (TPSA) is 61.4 Å². The summed E-state index contributed by atoms with van der Waals surface area (Å²) < 4.78 is 14.3. The van der Waals surface area contributed by atoms with Gasteiger partial charge in [0.2, 0.25) is 5.66 Å². The second-order valence-corrected chi connectivity index (χ2v) is 7.56. The lowest BCUT2D eigenvalue weighted by molar-refractivity contribution is -0.119. The normalized spacial score (nSPS) is 19.9. The lowest BCUT2D eigenvalue weighted by atomic mass is 9.92. The van der Waals surface area contributed by atoms with Gasteiger partial charge in [0.15, 0.2) is 0 Å². The number of nitrogens with one attached hydrogen (secondary N) is 2.